The third-order valence-corrected chi connectivity index (χ3v) is 1.88. The van der Waals surface area contributed by atoms with Crippen LogP contribution in [-0.2, 0) is 6.42 Å². The van der Waals surface area contributed by atoms with Gasteiger partial charge in [0.15, 0.2) is 0 Å². The molecule has 11 heavy (non-hydrogen) atoms. The summed E-state index contributed by atoms with van der Waals surface area (Å²) < 4.78 is 12.6. The third kappa shape index (κ3) is 0.926. The number of halogens is 1. The van der Waals surface area contributed by atoms with Crippen molar-refractivity contribution in [1.29, 1.82) is 0 Å². The van der Waals surface area contributed by atoms with Crippen molar-refractivity contribution >= 4 is 5.69 Å². The molecule has 0 unspecified atom stereocenters. The van der Waals surface area contributed by atoms with E-state index in [1.54, 1.807) is 0 Å². The topological polar surface area (TPSA) is 32.3 Å². The molecule has 0 radical (unpaired) electrons. The molecule has 0 amide bonds. The van der Waals surface area contributed by atoms with Crippen molar-refractivity contribution < 1.29 is 9.50 Å². The van der Waals surface area contributed by atoms with E-state index in [0.29, 0.717) is 0 Å². The van der Waals surface area contributed by atoms with Crippen LogP contribution in [0.25, 0.3) is 0 Å². The Hall–Kier alpha value is -1.25. The van der Waals surface area contributed by atoms with E-state index in [2.05, 4.69) is 5.32 Å². The van der Waals surface area contributed by atoms with E-state index in [1.165, 1.54) is 6.07 Å². The molecule has 1 heterocycles. The summed E-state index contributed by atoms with van der Waals surface area (Å²) in [5.74, 6) is -0.333. The number of benzene rings is 1. The number of aromatic hydroxyl groups is 1. The van der Waals surface area contributed by atoms with Crippen molar-refractivity contribution in [3.63, 3.8) is 0 Å². The van der Waals surface area contributed by atoms with Gasteiger partial charge in [0.05, 0.1) is 0 Å². The van der Waals surface area contributed by atoms with Gasteiger partial charge >= 0.3 is 0 Å². The van der Waals surface area contributed by atoms with Crippen LogP contribution in [-0.4, -0.2) is 11.7 Å². The first kappa shape index (κ1) is 6.46. The summed E-state index contributed by atoms with van der Waals surface area (Å²) in [7, 11) is 0. The molecule has 2 rings (SSSR count). The smallest absolute Gasteiger partial charge is 0.128 e. The van der Waals surface area contributed by atoms with E-state index in [-0.39, 0.29) is 5.75 Å². The first-order valence-corrected chi connectivity index (χ1v) is 3.52. The van der Waals surface area contributed by atoms with Crippen LogP contribution in [0.4, 0.5) is 10.1 Å². The Balaban J connectivity index is 2.60. The number of phenols is 1. The fraction of sp³-hybridized carbons (Fsp3) is 0.250. The van der Waals surface area contributed by atoms with Gasteiger partial charge in [0.25, 0.3) is 0 Å². The summed E-state index contributed by atoms with van der Waals surface area (Å²) in [6.07, 6.45) is 0.779. The molecule has 0 spiro atoms. The van der Waals surface area contributed by atoms with Crippen molar-refractivity contribution in [3.8, 4) is 5.75 Å². The summed E-state index contributed by atoms with van der Waals surface area (Å²) in [5, 5.41) is 12.2. The van der Waals surface area contributed by atoms with Crippen molar-refractivity contribution in [2.24, 2.45) is 0 Å². The largest absolute Gasteiger partial charge is 0.507 e. The molecule has 0 aliphatic carbocycles. The average molecular weight is 153 g/mol. The van der Waals surface area contributed by atoms with Gasteiger partial charge in [-0.25, -0.2) is 4.39 Å². The van der Waals surface area contributed by atoms with Gasteiger partial charge in [-0.1, -0.05) is 0 Å². The highest BCUT2D eigenvalue weighted by atomic mass is 19.1. The summed E-state index contributed by atoms with van der Waals surface area (Å²) in [6, 6.07) is 2.55. The SMILES string of the molecule is Oc1cc(F)cc2c1CCN2. The minimum Gasteiger partial charge on any atom is -0.507 e. The van der Waals surface area contributed by atoms with E-state index in [0.717, 1.165) is 30.3 Å². The fourth-order valence-electron chi connectivity index (χ4n) is 1.37. The molecule has 1 aliphatic rings. The molecule has 0 saturated heterocycles. The maximum Gasteiger partial charge on any atom is 0.128 e. The first-order valence-electron chi connectivity index (χ1n) is 3.52. The Bertz CT molecular complexity index is 298. The van der Waals surface area contributed by atoms with Crippen molar-refractivity contribution in [1.82, 2.24) is 0 Å². The van der Waals surface area contributed by atoms with Gasteiger partial charge in [0.2, 0.25) is 0 Å². The van der Waals surface area contributed by atoms with Gasteiger partial charge in [-0.2, -0.15) is 0 Å². The van der Waals surface area contributed by atoms with Crippen LogP contribution in [0.5, 0.6) is 5.75 Å². The standard InChI is InChI=1S/C8H8FNO/c9-5-3-7-6(1-2-10-7)8(11)4-5/h3-4,10-11H,1-2H2. The van der Waals surface area contributed by atoms with Crippen molar-refractivity contribution in [2.75, 3.05) is 11.9 Å². The third-order valence-electron chi connectivity index (χ3n) is 1.88. The van der Waals surface area contributed by atoms with Gasteiger partial charge in [-0.05, 0) is 12.5 Å². The Kier molecular flexibility index (Phi) is 1.24. The maximum atomic E-state index is 12.6. The monoisotopic (exact) mass is 153 g/mol. The highest BCUT2D eigenvalue weighted by molar-refractivity contribution is 5.60. The fourth-order valence-corrected chi connectivity index (χ4v) is 1.37. The zero-order valence-electron chi connectivity index (χ0n) is 5.89. The van der Waals surface area contributed by atoms with Crippen molar-refractivity contribution in [3.05, 3.63) is 23.5 Å². The molecule has 1 aromatic carbocycles. The van der Waals surface area contributed by atoms with Gasteiger partial charge in [0.1, 0.15) is 11.6 Å². The molecular weight excluding hydrogens is 145 g/mol. The first-order chi connectivity index (χ1) is 5.27. The van der Waals surface area contributed by atoms with Crippen LogP contribution in [0.3, 0.4) is 0 Å². The van der Waals surface area contributed by atoms with E-state index in [4.69, 9.17) is 0 Å². The molecule has 3 heteroatoms. The molecule has 58 valence electrons. The molecule has 0 fully saturated rings. The lowest BCUT2D eigenvalue weighted by Gasteiger charge is -2.01. The number of hydrogen-bond donors (Lipinski definition) is 2. The minimum absolute atomic E-state index is 0.0602. The Labute approximate surface area is 63.7 Å². The number of hydrogen-bond acceptors (Lipinski definition) is 2. The molecule has 2 N–H and O–H groups in total. The number of fused-ring (bicyclic) bond motifs is 1. The highest BCUT2D eigenvalue weighted by Gasteiger charge is 2.14. The number of anilines is 1. The molecule has 0 aromatic heterocycles. The Morgan fingerprint density at radius 1 is 1.45 bits per heavy atom. The van der Waals surface area contributed by atoms with Crippen LogP contribution in [0.1, 0.15) is 5.56 Å². The zero-order chi connectivity index (χ0) is 7.84. The number of phenolic OH excluding ortho intramolecular Hbond substituents is 1. The Morgan fingerprint density at radius 3 is 3.09 bits per heavy atom. The van der Waals surface area contributed by atoms with Crippen LogP contribution < -0.4 is 5.32 Å². The van der Waals surface area contributed by atoms with Gasteiger partial charge in [-0.15, -0.1) is 0 Å². The Morgan fingerprint density at radius 2 is 2.27 bits per heavy atom. The molecule has 1 aliphatic heterocycles. The number of rotatable bonds is 0. The lowest BCUT2D eigenvalue weighted by molar-refractivity contribution is 0.464. The molecule has 1 aromatic rings. The van der Waals surface area contributed by atoms with Crippen LogP contribution >= 0.6 is 0 Å². The summed E-state index contributed by atoms with van der Waals surface area (Å²) in [4.78, 5) is 0. The lowest BCUT2D eigenvalue weighted by atomic mass is 10.1. The second-order valence-electron chi connectivity index (χ2n) is 2.63. The predicted molar refractivity (Wildman–Crippen MR) is 40.3 cm³/mol. The second kappa shape index (κ2) is 2.12. The number of nitrogens with one attached hydrogen (secondary N) is 1. The molecule has 0 saturated carbocycles. The summed E-state index contributed by atoms with van der Waals surface area (Å²) in [6.45, 7) is 0.784. The quantitative estimate of drug-likeness (QED) is 0.592. The molecule has 0 bridgehead atoms. The molecule has 0 atom stereocenters. The predicted octanol–water partition coefficient (Wildman–Crippen LogP) is 1.50. The normalized spacial score (nSPS) is 14.3. The van der Waals surface area contributed by atoms with Crippen molar-refractivity contribution in [2.45, 2.75) is 6.42 Å². The van der Waals surface area contributed by atoms with Crippen LogP contribution in [0.15, 0.2) is 12.1 Å². The van der Waals surface area contributed by atoms with Crippen LogP contribution in [0, 0.1) is 5.82 Å². The van der Waals surface area contributed by atoms with Gasteiger partial charge in [-0.3, -0.25) is 0 Å². The minimum atomic E-state index is -0.393. The lowest BCUT2D eigenvalue weighted by Crippen LogP contribution is -1.90. The average Bonchev–Trinajstić information content (AvgIpc) is 2.34. The van der Waals surface area contributed by atoms with E-state index in [1.807, 2.05) is 0 Å². The molecular formula is C8H8FNO. The van der Waals surface area contributed by atoms with E-state index in [9.17, 15) is 9.50 Å². The zero-order valence-corrected chi connectivity index (χ0v) is 5.89. The van der Waals surface area contributed by atoms with Crippen LogP contribution in [0.2, 0.25) is 0 Å². The summed E-state index contributed by atoms with van der Waals surface area (Å²) >= 11 is 0. The highest BCUT2D eigenvalue weighted by Crippen LogP contribution is 2.30. The van der Waals surface area contributed by atoms with Gasteiger partial charge < -0.3 is 10.4 Å². The van der Waals surface area contributed by atoms with E-state index < -0.39 is 5.82 Å². The van der Waals surface area contributed by atoms with E-state index >= 15 is 0 Å². The summed E-state index contributed by atoms with van der Waals surface area (Å²) in [5.41, 5.74) is 1.55. The maximum absolute atomic E-state index is 12.6. The van der Waals surface area contributed by atoms with Gasteiger partial charge in [0, 0.05) is 23.9 Å². The second-order valence-corrected chi connectivity index (χ2v) is 2.63. The molecule has 2 nitrogen and oxygen atoms in total.